The molecule has 0 aliphatic heterocycles. The molecule has 3 N–H and O–H groups in total. The molecule has 2 amide bonds. The first-order valence-corrected chi connectivity index (χ1v) is 13.3. The zero-order chi connectivity index (χ0) is 32.6. The van der Waals surface area contributed by atoms with Crippen molar-refractivity contribution in [3.05, 3.63) is 87.5 Å². The van der Waals surface area contributed by atoms with Crippen LogP contribution in [0.1, 0.15) is 50.6 Å². The van der Waals surface area contributed by atoms with E-state index in [9.17, 15) is 45.4 Å². The number of nitrogens with one attached hydrogen (secondary N) is 2. The quantitative estimate of drug-likeness (QED) is 0.154. The molecule has 4 rings (SSSR count). The number of anilines is 2. The van der Waals surface area contributed by atoms with Gasteiger partial charge in [0.05, 0.1) is 29.5 Å². The molecule has 0 bridgehead atoms. The van der Waals surface area contributed by atoms with E-state index in [-0.39, 0.29) is 32.0 Å². The second kappa shape index (κ2) is 11.8. The number of hydrogen-bond acceptors (Lipinski definition) is 5. The number of benzene rings is 3. The van der Waals surface area contributed by atoms with E-state index >= 15 is 0 Å². The molecule has 230 valence electrons. The third kappa shape index (κ3) is 7.29. The molecule has 0 aliphatic carbocycles. The van der Waals surface area contributed by atoms with Crippen molar-refractivity contribution in [3.63, 3.8) is 0 Å². The van der Waals surface area contributed by atoms with E-state index in [4.69, 9.17) is 4.74 Å². The van der Waals surface area contributed by atoms with E-state index in [1.807, 2.05) is 0 Å². The molecule has 14 heteroatoms. The van der Waals surface area contributed by atoms with Gasteiger partial charge in [0.2, 0.25) is 0 Å². The maximum Gasteiger partial charge on any atom is 0.419 e. The summed E-state index contributed by atoms with van der Waals surface area (Å²) in [5.41, 5.74) is -4.48. The molecule has 1 aromatic heterocycles. The molecule has 6 nitrogen and oxygen atoms in total. The zero-order valence-corrected chi connectivity index (χ0v) is 23.7. The summed E-state index contributed by atoms with van der Waals surface area (Å²) in [5, 5.41) is 14.6. The van der Waals surface area contributed by atoms with Gasteiger partial charge in [-0.15, -0.1) is 11.3 Å². The van der Waals surface area contributed by atoms with Crippen molar-refractivity contribution in [2.24, 2.45) is 0 Å². The Morgan fingerprint density at radius 2 is 1.59 bits per heavy atom. The average molecular weight is 639 g/mol. The first-order chi connectivity index (χ1) is 20.4. The first kappa shape index (κ1) is 32.3. The number of fused-ring (bicyclic) bond motifs is 1. The molecule has 0 unspecified atom stereocenters. The van der Waals surface area contributed by atoms with Crippen molar-refractivity contribution in [2.45, 2.75) is 31.8 Å². The number of halogens is 7. The number of rotatable bonds is 5. The Balaban J connectivity index is 1.79. The summed E-state index contributed by atoms with van der Waals surface area (Å²) >= 11 is 0.551. The highest BCUT2D eigenvalue weighted by molar-refractivity contribution is 7.21. The number of carbonyl (C=O) groups is 2. The van der Waals surface area contributed by atoms with Gasteiger partial charge >= 0.3 is 12.4 Å². The smallest absolute Gasteiger partial charge is 0.419 e. The second-order valence-electron chi connectivity index (χ2n) is 9.84. The highest BCUT2D eigenvalue weighted by Gasteiger charge is 2.35. The molecule has 4 aromatic rings. The van der Waals surface area contributed by atoms with Crippen LogP contribution in [0.15, 0.2) is 54.6 Å². The molecule has 1 heterocycles. The molecule has 0 radical (unpaired) electrons. The van der Waals surface area contributed by atoms with Crippen LogP contribution in [-0.2, 0) is 12.4 Å². The van der Waals surface area contributed by atoms with Crippen LogP contribution < -0.4 is 15.4 Å². The molecular weight excluding hydrogens is 617 g/mol. The molecule has 0 aliphatic rings. The molecular formula is C30H21F7N2O4S. The van der Waals surface area contributed by atoms with Crippen LogP contribution in [0.4, 0.5) is 42.1 Å². The topological polar surface area (TPSA) is 87.7 Å². The van der Waals surface area contributed by atoms with Crippen LogP contribution in [0, 0.1) is 17.7 Å². The van der Waals surface area contributed by atoms with Crippen molar-refractivity contribution in [2.75, 3.05) is 17.7 Å². The van der Waals surface area contributed by atoms with E-state index in [0.29, 0.717) is 29.0 Å². The average Bonchev–Trinajstić information content (AvgIpc) is 3.29. The van der Waals surface area contributed by atoms with Gasteiger partial charge in [0.15, 0.2) is 0 Å². The fourth-order valence-corrected chi connectivity index (χ4v) is 5.03. The molecule has 0 atom stereocenters. The summed E-state index contributed by atoms with van der Waals surface area (Å²) in [5.74, 6) is 1.86. The summed E-state index contributed by atoms with van der Waals surface area (Å²) < 4.78 is 98.8. The number of aliphatic hydroxyl groups is 1. The van der Waals surface area contributed by atoms with Crippen LogP contribution in [-0.4, -0.2) is 29.6 Å². The Bertz CT molecular complexity index is 1830. The Hall–Kier alpha value is -4.61. The minimum absolute atomic E-state index is 0.0357. The molecule has 3 aromatic carbocycles. The third-order valence-electron chi connectivity index (χ3n) is 5.95. The molecule has 0 saturated carbocycles. The van der Waals surface area contributed by atoms with Crippen LogP contribution in [0.2, 0.25) is 0 Å². The zero-order valence-electron chi connectivity index (χ0n) is 22.9. The number of ether oxygens (including phenoxy) is 1. The van der Waals surface area contributed by atoms with Gasteiger partial charge in [0, 0.05) is 21.3 Å². The Labute approximate surface area is 249 Å². The normalized spacial score (nSPS) is 12.0. The highest BCUT2D eigenvalue weighted by Crippen LogP contribution is 2.41. The van der Waals surface area contributed by atoms with E-state index < -0.39 is 52.4 Å². The summed E-state index contributed by atoms with van der Waals surface area (Å²) in [4.78, 5) is 26.4. The van der Waals surface area contributed by atoms with Gasteiger partial charge in [-0.2, -0.15) is 26.3 Å². The van der Waals surface area contributed by atoms with Crippen molar-refractivity contribution < 1.29 is 50.2 Å². The largest absolute Gasteiger partial charge is 0.496 e. The van der Waals surface area contributed by atoms with Crippen LogP contribution in [0.25, 0.3) is 10.1 Å². The summed E-state index contributed by atoms with van der Waals surface area (Å²) in [7, 11) is 1.28. The van der Waals surface area contributed by atoms with E-state index in [0.717, 1.165) is 24.3 Å². The summed E-state index contributed by atoms with van der Waals surface area (Å²) in [6.07, 6.45) is -9.80. The standard InChI is InChI=1S/C30H21F7N2O4S/c1-28(2,42)11-10-15-4-9-22(43-3)19(12-15)26(40)39-24-18-7-5-16(29(32,33)34)13-23(18)44-25(24)27(41)38-17-6-8-21(31)20(14-17)30(35,36)37/h4-9,12-14,42H,1-3H3,(H,38,41)(H,39,40). The van der Waals surface area contributed by atoms with E-state index in [1.54, 1.807) is 0 Å². The van der Waals surface area contributed by atoms with Crippen LogP contribution in [0.5, 0.6) is 5.75 Å². The minimum Gasteiger partial charge on any atom is -0.496 e. The first-order valence-electron chi connectivity index (χ1n) is 12.4. The predicted molar refractivity (Wildman–Crippen MR) is 150 cm³/mol. The Morgan fingerprint density at radius 1 is 0.886 bits per heavy atom. The summed E-state index contributed by atoms with van der Waals surface area (Å²) in [6, 6.07) is 8.57. The fourth-order valence-electron chi connectivity index (χ4n) is 3.93. The van der Waals surface area contributed by atoms with Crippen molar-refractivity contribution in [3.8, 4) is 17.6 Å². The molecule has 0 fully saturated rings. The maximum absolute atomic E-state index is 13.8. The van der Waals surface area contributed by atoms with Gasteiger partial charge in [-0.05, 0) is 62.4 Å². The number of carbonyl (C=O) groups excluding carboxylic acids is 2. The van der Waals surface area contributed by atoms with E-state index in [2.05, 4.69) is 22.5 Å². The van der Waals surface area contributed by atoms with Crippen molar-refractivity contribution in [1.82, 2.24) is 0 Å². The maximum atomic E-state index is 13.8. The predicted octanol–water partition coefficient (Wildman–Crippen LogP) is 7.71. The number of hydrogen-bond donors (Lipinski definition) is 3. The number of thiophene rings is 1. The SMILES string of the molecule is COc1ccc(C#CC(C)(C)O)cc1C(=O)Nc1c(C(=O)Nc2ccc(F)c(C(F)(F)F)c2)sc2cc(C(F)(F)F)ccc12. The lowest BCUT2D eigenvalue weighted by Gasteiger charge is -2.13. The molecule has 0 saturated heterocycles. The van der Waals surface area contributed by atoms with Gasteiger partial charge in [-0.25, -0.2) is 4.39 Å². The Kier molecular flexibility index (Phi) is 8.68. The third-order valence-corrected chi connectivity index (χ3v) is 7.10. The van der Waals surface area contributed by atoms with E-state index in [1.165, 1.54) is 39.2 Å². The van der Waals surface area contributed by atoms with Crippen LogP contribution >= 0.6 is 11.3 Å². The number of methoxy groups -OCH3 is 1. The molecule has 44 heavy (non-hydrogen) atoms. The van der Waals surface area contributed by atoms with Gasteiger partial charge < -0.3 is 20.5 Å². The lowest BCUT2D eigenvalue weighted by molar-refractivity contribution is -0.140. The molecule has 0 spiro atoms. The fraction of sp³-hybridized carbons (Fsp3) is 0.200. The van der Waals surface area contributed by atoms with Gasteiger partial charge in [-0.3, -0.25) is 9.59 Å². The minimum atomic E-state index is -5.07. The lowest BCUT2D eigenvalue weighted by Crippen LogP contribution is -2.18. The number of amides is 2. The van der Waals surface area contributed by atoms with Crippen LogP contribution in [0.3, 0.4) is 0 Å². The van der Waals surface area contributed by atoms with Crippen molar-refractivity contribution in [1.29, 1.82) is 0 Å². The van der Waals surface area contributed by atoms with Crippen molar-refractivity contribution >= 4 is 44.6 Å². The monoisotopic (exact) mass is 638 g/mol. The number of alkyl halides is 6. The highest BCUT2D eigenvalue weighted by atomic mass is 32.1. The lowest BCUT2D eigenvalue weighted by atomic mass is 10.1. The summed E-state index contributed by atoms with van der Waals surface area (Å²) in [6.45, 7) is 2.90. The van der Waals surface area contributed by atoms with Gasteiger partial charge in [-0.1, -0.05) is 17.9 Å². The Morgan fingerprint density at radius 3 is 2.20 bits per heavy atom. The van der Waals surface area contributed by atoms with Gasteiger partial charge in [0.25, 0.3) is 11.8 Å². The van der Waals surface area contributed by atoms with Gasteiger partial charge in [0.1, 0.15) is 22.0 Å². The second-order valence-corrected chi connectivity index (χ2v) is 10.9.